The first-order chi connectivity index (χ1) is 12.6. The highest BCUT2D eigenvalue weighted by Gasteiger charge is 2.12. The van der Waals surface area contributed by atoms with Crippen LogP contribution in [0.4, 0.5) is 5.69 Å². The van der Waals surface area contributed by atoms with E-state index in [4.69, 9.17) is 0 Å². The molecule has 138 valence electrons. The quantitative estimate of drug-likeness (QED) is 0.710. The van der Waals surface area contributed by atoms with Crippen LogP contribution in [-0.2, 0) is 9.59 Å². The molecule has 2 N–H and O–H groups in total. The number of amides is 2. The summed E-state index contributed by atoms with van der Waals surface area (Å²) in [4.78, 5) is 27.8. The lowest BCUT2D eigenvalue weighted by Gasteiger charge is -2.17. The summed E-state index contributed by atoms with van der Waals surface area (Å²) < 4.78 is 0. The van der Waals surface area contributed by atoms with Crippen molar-refractivity contribution in [3.63, 3.8) is 0 Å². The Kier molecular flexibility index (Phi) is 8.18. The third-order valence-electron chi connectivity index (χ3n) is 3.53. The zero-order valence-electron chi connectivity index (χ0n) is 15.2. The number of hydrogen-bond acceptors (Lipinski definition) is 4. The Morgan fingerprint density at radius 1 is 0.962 bits per heavy atom. The fourth-order valence-electron chi connectivity index (χ4n) is 2.33. The van der Waals surface area contributed by atoms with Gasteiger partial charge in [-0.2, -0.15) is 0 Å². The summed E-state index contributed by atoms with van der Waals surface area (Å²) >= 11 is 1.60. The number of carbonyl (C=O) groups excluding carboxylic acids is 2. The third kappa shape index (κ3) is 6.90. The molecule has 0 aliphatic rings. The van der Waals surface area contributed by atoms with Crippen molar-refractivity contribution in [3.05, 3.63) is 54.6 Å². The predicted molar refractivity (Wildman–Crippen MR) is 106 cm³/mol. The molecular weight excluding hydrogens is 346 g/mol. The van der Waals surface area contributed by atoms with Gasteiger partial charge in [-0.05, 0) is 37.7 Å². The minimum Gasteiger partial charge on any atom is -0.355 e. The van der Waals surface area contributed by atoms with E-state index in [2.05, 4.69) is 10.6 Å². The Hall–Kier alpha value is -2.31. The SMILES string of the molecule is CCCNC(=O)CN(C)CC(=O)Nc1ccccc1Sc1ccccc1. The summed E-state index contributed by atoms with van der Waals surface area (Å²) in [5.41, 5.74) is 0.773. The van der Waals surface area contributed by atoms with Gasteiger partial charge in [-0.1, -0.05) is 49.0 Å². The number of nitrogens with one attached hydrogen (secondary N) is 2. The zero-order valence-corrected chi connectivity index (χ0v) is 16.0. The standard InChI is InChI=1S/C20H25N3O2S/c1-3-13-21-19(24)14-23(2)15-20(25)22-17-11-7-8-12-18(17)26-16-9-5-4-6-10-16/h4-12H,3,13-15H2,1-2H3,(H,21,24)(H,22,25). The van der Waals surface area contributed by atoms with E-state index < -0.39 is 0 Å². The molecule has 5 nitrogen and oxygen atoms in total. The van der Waals surface area contributed by atoms with Crippen LogP contribution in [0.3, 0.4) is 0 Å². The maximum atomic E-state index is 12.3. The van der Waals surface area contributed by atoms with Crippen molar-refractivity contribution in [2.75, 3.05) is 32.0 Å². The molecule has 2 aromatic rings. The molecule has 0 saturated carbocycles. The number of carbonyl (C=O) groups is 2. The molecule has 0 aliphatic carbocycles. The van der Waals surface area contributed by atoms with Crippen molar-refractivity contribution in [2.45, 2.75) is 23.1 Å². The maximum absolute atomic E-state index is 12.3. The number of hydrogen-bond donors (Lipinski definition) is 2. The van der Waals surface area contributed by atoms with E-state index >= 15 is 0 Å². The van der Waals surface area contributed by atoms with Crippen molar-refractivity contribution < 1.29 is 9.59 Å². The van der Waals surface area contributed by atoms with Gasteiger partial charge >= 0.3 is 0 Å². The number of para-hydroxylation sites is 1. The van der Waals surface area contributed by atoms with Crippen LogP contribution in [0.1, 0.15) is 13.3 Å². The number of likely N-dealkylation sites (N-methyl/N-ethyl adjacent to an activating group) is 1. The summed E-state index contributed by atoms with van der Waals surface area (Å²) in [6.45, 7) is 3.02. The van der Waals surface area contributed by atoms with Gasteiger partial charge in [0.15, 0.2) is 0 Å². The van der Waals surface area contributed by atoms with Crippen LogP contribution in [0.2, 0.25) is 0 Å². The average Bonchev–Trinajstić information content (AvgIpc) is 2.62. The van der Waals surface area contributed by atoms with Crippen molar-refractivity contribution in [1.29, 1.82) is 0 Å². The van der Waals surface area contributed by atoms with Gasteiger partial charge in [-0.15, -0.1) is 0 Å². The Morgan fingerprint density at radius 2 is 1.62 bits per heavy atom. The fourth-order valence-corrected chi connectivity index (χ4v) is 3.25. The monoisotopic (exact) mass is 371 g/mol. The molecule has 0 heterocycles. The molecule has 0 fully saturated rings. The topological polar surface area (TPSA) is 61.4 Å². The van der Waals surface area contributed by atoms with Gasteiger partial charge in [0.25, 0.3) is 0 Å². The van der Waals surface area contributed by atoms with Gasteiger partial charge in [0.2, 0.25) is 11.8 Å². The van der Waals surface area contributed by atoms with Crippen LogP contribution in [0.5, 0.6) is 0 Å². The van der Waals surface area contributed by atoms with E-state index in [0.29, 0.717) is 6.54 Å². The highest BCUT2D eigenvalue weighted by molar-refractivity contribution is 7.99. The number of benzene rings is 2. The van der Waals surface area contributed by atoms with E-state index in [-0.39, 0.29) is 24.9 Å². The zero-order chi connectivity index (χ0) is 18.8. The van der Waals surface area contributed by atoms with Gasteiger partial charge in [-0.25, -0.2) is 0 Å². The van der Waals surface area contributed by atoms with E-state index in [1.807, 2.05) is 61.5 Å². The van der Waals surface area contributed by atoms with Crippen LogP contribution < -0.4 is 10.6 Å². The third-order valence-corrected chi connectivity index (χ3v) is 4.62. The van der Waals surface area contributed by atoms with Crippen LogP contribution >= 0.6 is 11.8 Å². The minimum absolute atomic E-state index is 0.0674. The fraction of sp³-hybridized carbons (Fsp3) is 0.300. The Balaban J connectivity index is 1.91. The van der Waals surface area contributed by atoms with Crippen molar-refractivity contribution in [2.24, 2.45) is 0 Å². The molecule has 2 rings (SSSR count). The summed E-state index contributed by atoms with van der Waals surface area (Å²) in [7, 11) is 1.76. The number of anilines is 1. The molecule has 26 heavy (non-hydrogen) atoms. The van der Waals surface area contributed by atoms with Crippen molar-refractivity contribution in [3.8, 4) is 0 Å². The van der Waals surface area contributed by atoms with Crippen LogP contribution in [0.15, 0.2) is 64.4 Å². The second kappa shape index (κ2) is 10.6. The van der Waals surface area contributed by atoms with Crippen LogP contribution in [0, 0.1) is 0 Å². The smallest absolute Gasteiger partial charge is 0.238 e. The molecular formula is C20H25N3O2S. The van der Waals surface area contributed by atoms with Gasteiger partial charge < -0.3 is 10.6 Å². The van der Waals surface area contributed by atoms with E-state index in [1.165, 1.54) is 0 Å². The predicted octanol–water partition coefficient (Wildman–Crippen LogP) is 3.23. The van der Waals surface area contributed by atoms with Crippen LogP contribution in [0.25, 0.3) is 0 Å². The average molecular weight is 372 g/mol. The molecule has 0 aliphatic heterocycles. The molecule has 0 spiro atoms. The second-order valence-corrected chi connectivity index (χ2v) is 7.10. The summed E-state index contributed by atoms with van der Waals surface area (Å²) in [6, 6.07) is 17.7. The first-order valence-corrected chi connectivity index (χ1v) is 9.47. The van der Waals surface area contributed by atoms with Gasteiger partial charge in [-0.3, -0.25) is 14.5 Å². The second-order valence-electron chi connectivity index (χ2n) is 5.98. The molecule has 2 amide bonds. The molecule has 0 radical (unpaired) electrons. The molecule has 2 aromatic carbocycles. The van der Waals surface area contributed by atoms with Crippen molar-refractivity contribution >= 4 is 29.3 Å². The summed E-state index contributed by atoms with van der Waals surface area (Å²) in [5, 5.41) is 5.75. The Morgan fingerprint density at radius 3 is 2.35 bits per heavy atom. The number of nitrogens with zero attached hydrogens (tertiary/aromatic N) is 1. The van der Waals surface area contributed by atoms with Gasteiger partial charge in [0.05, 0.1) is 18.8 Å². The van der Waals surface area contributed by atoms with Crippen LogP contribution in [-0.4, -0.2) is 43.4 Å². The highest BCUT2D eigenvalue weighted by Crippen LogP contribution is 2.33. The lowest BCUT2D eigenvalue weighted by molar-refractivity contribution is -0.122. The first-order valence-electron chi connectivity index (χ1n) is 8.65. The van der Waals surface area contributed by atoms with Crippen molar-refractivity contribution in [1.82, 2.24) is 10.2 Å². The molecule has 0 bridgehead atoms. The Labute approximate surface area is 159 Å². The summed E-state index contributed by atoms with van der Waals surface area (Å²) in [5.74, 6) is -0.209. The van der Waals surface area contributed by atoms with E-state index in [0.717, 1.165) is 21.9 Å². The van der Waals surface area contributed by atoms with Gasteiger partial charge in [0, 0.05) is 16.3 Å². The largest absolute Gasteiger partial charge is 0.355 e. The number of rotatable bonds is 9. The Bertz CT molecular complexity index is 722. The maximum Gasteiger partial charge on any atom is 0.238 e. The molecule has 6 heteroatoms. The highest BCUT2D eigenvalue weighted by atomic mass is 32.2. The molecule has 0 atom stereocenters. The minimum atomic E-state index is -0.142. The molecule has 0 saturated heterocycles. The normalized spacial score (nSPS) is 10.6. The lowest BCUT2D eigenvalue weighted by Crippen LogP contribution is -2.39. The molecule has 0 aromatic heterocycles. The summed E-state index contributed by atoms with van der Waals surface area (Å²) in [6.07, 6.45) is 0.895. The molecule has 0 unspecified atom stereocenters. The van der Waals surface area contributed by atoms with Gasteiger partial charge in [0.1, 0.15) is 0 Å². The van der Waals surface area contributed by atoms with E-state index in [9.17, 15) is 9.59 Å². The lowest BCUT2D eigenvalue weighted by atomic mass is 10.3. The first kappa shape index (κ1) is 20.0. The van der Waals surface area contributed by atoms with E-state index in [1.54, 1.807) is 23.7 Å².